The topological polar surface area (TPSA) is 3.24 Å². The van der Waals surface area contributed by atoms with Crippen molar-refractivity contribution in [1.29, 1.82) is 0 Å². The summed E-state index contributed by atoms with van der Waals surface area (Å²) in [7, 11) is 0. The van der Waals surface area contributed by atoms with Crippen LogP contribution in [0.2, 0.25) is 0 Å². The highest BCUT2D eigenvalue weighted by molar-refractivity contribution is 14.1. The van der Waals surface area contributed by atoms with Gasteiger partial charge in [0, 0.05) is 35.5 Å². The summed E-state index contributed by atoms with van der Waals surface area (Å²) >= 11 is 2.55. The Morgan fingerprint density at radius 3 is 2.62 bits per heavy atom. The number of hydrogen-bond donors (Lipinski definition) is 0. The summed E-state index contributed by atoms with van der Waals surface area (Å²) in [4.78, 5) is 0. The second-order valence-corrected chi connectivity index (χ2v) is 6.26. The molecule has 0 bridgehead atoms. The van der Waals surface area contributed by atoms with Crippen molar-refractivity contribution in [3.63, 3.8) is 0 Å². The summed E-state index contributed by atoms with van der Waals surface area (Å²) in [5, 5.41) is 0. The van der Waals surface area contributed by atoms with Crippen LogP contribution in [0.4, 0.5) is 0 Å². The van der Waals surface area contributed by atoms with Crippen molar-refractivity contribution in [1.82, 2.24) is 3.11 Å². The molecule has 0 aromatic heterocycles. The molecule has 2 fully saturated rings. The molecule has 0 aromatic carbocycles. The molecule has 1 heterocycles. The maximum atomic E-state index is 2.59. The normalized spacial score (nSPS) is 41.1. The van der Waals surface area contributed by atoms with E-state index in [9.17, 15) is 0 Å². The van der Waals surface area contributed by atoms with Gasteiger partial charge in [0.15, 0.2) is 0 Å². The Labute approximate surface area is 95.8 Å². The van der Waals surface area contributed by atoms with Gasteiger partial charge in [-0.2, -0.15) is 0 Å². The van der Waals surface area contributed by atoms with Gasteiger partial charge in [-0.3, -0.25) is 0 Å². The number of halogens is 1. The molecule has 1 aliphatic heterocycles. The van der Waals surface area contributed by atoms with Gasteiger partial charge in [-0.15, -0.1) is 0 Å². The quantitative estimate of drug-likeness (QED) is 0.528. The molecule has 0 radical (unpaired) electrons. The smallest absolute Gasteiger partial charge is 0.0248 e. The second-order valence-electron chi connectivity index (χ2n) is 5.03. The van der Waals surface area contributed by atoms with Crippen molar-refractivity contribution in [2.24, 2.45) is 17.8 Å². The van der Waals surface area contributed by atoms with Crippen LogP contribution < -0.4 is 0 Å². The van der Waals surface area contributed by atoms with Gasteiger partial charge in [0.2, 0.25) is 0 Å². The number of hydrogen-bond acceptors (Lipinski definition) is 1. The first-order chi connectivity index (χ1) is 6.20. The van der Waals surface area contributed by atoms with Crippen LogP contribution >= 0.6 is 22.9 Å². The summed E-state index contributed by atoms with van der Waals surface area (Å²) in [5.41, 5.74) is 0. The standard InChI is InChI=1S/C11H20IN/c1-8(2)11-10-6-4-3-5-9(10)7-13(11)12/h8-11H,3-7H2,1-2H3/t9-,10-,11+/m1/s1. The fourth-order valence-corrected chi connectivity index (χ4v) is 4.85. The molecule has 0 unspecified atom stereocenters. The third kappa shape index (κ3) is 1.89. The zero-order valence-corrected chi connectivity index (χ0v) is 10.8. The number of nitrogens with zero attached hydrogens (tertiary/aromatic N) is 1. The SMILES string of the molecule is CC(C)[C@H]1[C@@H]2CCCC[C@@H]2CN1I. The summed E-state index contributed by atoms with van der Waals surface area (Å²) in [6.07, 6.45) is 5.95. The van der Waals surface area contributed by atoms with Crippen LogP contribution in [0.1, 0.15) is 39.5 Å². The fraction of sp³-hybridized carbons (Fsp3) is 1.00. The van der Waals surface area contributed by atoms with Gasteiger partial charge in [-0.05, 0) is 30.6 Å². The minimum Gasteiger partial charge on any atom is -0.244 e. The molecule has 0 amide bonds. The van der Waals surface area contributed by atoms with Crippen LogP contribution in [0.3, 0.4) is 0 Å². The fourth-order valence-electron chi connectivity index (χ4n) is 3.28. The van der Waals surface area contributed by atoms with E-state index in [1.165, 1.54) is 32.2 Å². The van der Waals surface area contributed by atoms with E-state index in [-0.39, 0.29) is 0 Å². The monoisotopic (exact) mass is 293 g/mol. The van der Waals surface area contributed by atoms with Crippen LogP contribution in [0.5, 0.6) is 0 Å². The first-order valence-corrected chi connectivity index (χ1v) is 6.59. The lowest BCUT2D eigenvalue weighted by Gasteiger charge is -2.31. The molecule has 1 saturated carbocycles. The Morgan fingerprint density at radius 1 is 1.23 bits per heavy atom. The highest BCUT2D eigenvalue weighted by Crippen LogP contribution is 2.44. The van der Waals surface area contributed by atoms with Crippen LogP contribution in [0.15, 0.2) is 0 Å². The van der Waals surface area contributed by atoms with Gasteiger partial charge in [0.1, 0.15) is 0 Å². The average Bonchev–Trinajstić information content (AvgIpc) is 2.39. The van der Waals surface area contributed by atoms with E-state index in [1.807, 2.05) is 0 Å². The molecule has 1 nitrogen and oxygen atoms in total. The molecule has 2 rings (SSSR count). The van der Waals surface area contributed by atoms with Crippen molar-refractivity contribution in [3.8, 4) is 0 Å². The zero-order chi connectivity index (χ0) is 9.42. The predicted molar refractivity (Wildman–Crippen MR) is 64.8 cm³/mol. The Bertz CT molecular complexity index is 181. The zero-order valence-electron chi connectivity index (χ0n) is 8.67. The maximum Gasteiger partial charge on any atom is 0.0248 e. The van der Waals surface area contributed by atoms with Crippen molar-refractivity contribution in [2.75, 3.05) is 6.54 Å². The average molecular weight is 293 g/mol. The summed E-state index contributed by atoms with van der Waals surface area (Å²) in [6, 6.07) is 0.867. The van der Waals surface area contributed by atoms with Gasteiger partial charge in [-0.25, -0.2) is 3.11 Å². The van der Waals surface area contributed by atoms with E-state index in [1.54, 1.807) is 0 Å². The van der Waals surface area contributed by atoms with E-state index >= 15 is 0 Å². The Balaban J connectivity index is 2.09. The molecule has 3 atom stereocenters. The van der Waals surface area contributed by atoms with Crippen molar-refractivity contribution in [2.45, 2.75) is 45.6 Å². The van der Waals surface area contributed by atoms with E-state index in [2.05, 4.69) is 39.8 Å². The Hall–Kier alpha value is 0.690. The predicted octanol–water partition coefficient (Wildman–Crippen LogP) is 3.48. The maximum absolute atomic E-state index is 2.59. The minimum absolute atomic E-state index is 0.838. The van der Waals surface area contributed by atoms with Crippen LogP contribution in [0, 0.1) is 17.8 Å². The lowest BCUT2D eigenvalue weighted by atomic mass is 9.76. The summed E-state index contributed by atoms with van der Waals surface area (Å²) in [5.74, 6) is 2.88. The third-order valence-electron chi connectivity index (χ3n) is 3.82. The molecule has 2 heteroatoms. The molecule has 0 spiro atoms. The second kappa shape index (κ2) is 4.05. The van der Waals surface area contributed by atoms with Gasteiger partial charge >= 0.3 is 0 Å². The van der Waals surface area contributed by atoms with Crippen molar-refractivity contribution < 1.29 is 0 Å². The summed E-state index contributed by atoms with van der Waals surface area (Å²) in [6.45, 7) is 6.12. The highest BCUT2D eigenvalue weighted by Gasteiger charge is 2.42. The minimum atomic E-state index is 0.838. The van der Waals surface area contributed by atoms with E-state index < -0.39 is 0 Å². The van der Waals surface area contributed by atoms with Crippen LogP contribution in [-0.2, 0) is 0 Å². The molecule has 1 saturated heterocycles. The number of rotatable bonds is 1. The van der Waals surface area contributed by atoms with E-state index in [0.29, 0.717) is 0 Å². The largest absolute Gasteiger partial charge is 0.244 e. The third-order valence-corrected chi connectivity index (χ3v) is 4.86. The molecule has 0 aromatic rings. The molecule has 13 heavy (non-hydrogen) atoms. The highest BCUT2D eigenvalue weighted by atomic mass is 127. The van der Waals surface area contributed by atoms with Gasteiger partial charge in [0.25, 0.3) is 0 Å². The van der Waals surface area contributed by atoms with Crippen LogP contribution in [-0.4, -0.2) is 15.7 Å². The Morgan fingerprint density at radius 2 is 1.92 bits per heavy atom. The lowest BCUT2D eigenvalue weighted by Crippen LogP contribution is -2.32. The molecule has 76 valence electrons. The van der Waals surface area contributed by atoms with Crippen molar-refractivity contribution in [3.05, 3.63) is 0 Å². The van der Waals surface area contributed by atoms with Crippen LogP contribution in [0.25, 0.3) is 0 Å². The molecule has 0 N–H and O–H groups in total. The molecular formula is C11H20IN. The molecule has 1 aliphatic carbocycles. The van der Waals surface area contributed by atoms with E-state index in [0.717, 1.165) is 23.8 Å². The first kappa shape index (κ1) is 10.2. The molecule has 2 aliphatic rings. The Kier molecular flexibility index (Phi) is 3.18. The number of fused-ring (bicyclic) bond motifs is 1. The van der Waals surface area contributed by atoms with Gasteiger partial charge in [-0.1, -0.05) is 26.7 Å². The van der Waals surface area contributed by atoms with Gasteiger partial charge in [0.05, 0.1) is 0 Å². The summed E-state index contributed by atoms with van der Waals surface area (Å²) < 4.78 is 2.59. The van der Waals surface area contributed by atoms with Crippen molar-refractivity contribution >= 4 is 22.9 Å². The molecular weight excluding hydrogens is 273 g/mol. The lowest BCUT2D eigenvalue weighted by molar-refractivity contribution is 0.223. The van der Waals surface area contributed by atoms with E-state index in [4.69, 9.17) is 0 Å². The first-order valence-electron chi connectivity index (χ1n) is 5.62. The van der Waals surface area contributed by atoms with Gasteiger partial charge < -0.3 is 0 Å².